The highest BCUT2D eigenvalue weighted by Crippen LogP contribution is 2.47. The molecular formula is C18H19ClN2O2. The number of hydrogen-bond donors (Lipinski definition) is 1. The van der Waals surface area contributed by atoms with Crippen LogP contribution in [0.3, 0.4) is 0 Å². The predicted molar refractivity (Wildman–Crippen MR) is 90.6 cm³/mol. The molecule has 0 saturated heterocycles. The maximum atomic E-state index is 12.1. The summed E-state index contributed by atoms with van der Waals surface area (Å²) in [7, 11) is 0. The van der Waals surface area contributed by atoms with E-state index in [0.29, 0.717) is 24.0 Å². The summed E-state index contributed by atoms with van der Waals surface area (Å²) in [5.41, 5.74) is 1.16. The number of nitrogens with zero attached hydrogens (tertiary/aromatic N) is 1. The molecule has 1 saturated carbocycles. The van der Waals surface area contributed by atoms with Gasteiger partial charge in [0.1, 0.15) is 0 Å². The fraction of sp³-hybridized carbons (Fsp3) is 0.333. The molecule has 1 aromatic carbocycles. The fourth-order valence-corrected chi connectivity index (χ4v) is 2.93. The topological polar surface area (TPSA) is 51.1 Å². The van der Waals surface area contributed by atoms with Crippen LogP contribution >= 0.6 is 11.6 Å². The van der Waals surface area contributed by atoms with Gasteiger partial charge in [0.15, 0.2) is 0 Å². The quantitative estimate of drug-likeness (QED) is 0.828. The van der Waals surface area contributed by atoms with Gasteiger partial charge in [-0.2, -0.15) is 0 Å². The second-order valence-corrected chi connectivity index (χ2v) is 6.31. The third-order valence-electron chi connectivity index (χ3n) is 4.20. The third kappa shape index (κ3) is 4.02. The van der Waals surface area contributed by atoms with Crippen molar-refractivity contribution in [3.05, 3.63) is 69.6 Å². The number of nitrogens with one attached hydrogen (secondary N) is 1. The summed E-state index contributed by atoms with van der Waals surface area (Å²) in [5.74, 6) is 0.477. The number of hydrogen-bond acceptors (Lipinski definition) is 2. The molecule has 1 aliphatic carbocycles. The Morgan fingerprint density at radius 2 is 2.00 bits per heavy atom. The first kappa shape index (κ1) is 15.8. The molecule has 1 N–H and O–H groups in total. The minimum Gasteiger partial charge on any atom is -0.356 e. The summed E-state index contributed by atoms with van der Waals surface area (Å²) in [4.78, 5) is 23.7. The molecule has 0 aliphatic heterocycles. The molecule has 3 rings (SSSR count). The average Bonchev–Trinajstić information content (AvgIpc) is 3.34. The summed E-state index contributed by atoms with van der Waals surface area (Å²) in [5, 5.41) is 3.68. The molecule has 0 radical (unpaired) electrons. The summed E-state index contributed by atoms with van der Waals surface area (Å²) in [6.45, 7) is 1.20. The van der Waals surface area contributed by atoms with Gasteiger partial charge in [-0.05, 0) is 42.5 Å². The van der Waals surface area contributed by atoms with E-state index >= 15 is 0 Å². The summed E-state index contributed by atoms with van der Waals surface area (Å²) >= 11 is 5.88. The molecule has 4 nitrogen and oxygen atoms in total. The van der Waals surface area contributed by atoms with E-state index in [9.17, 15) is 9.59 Å². The van der Waals surface area contributed by atoms with Gasteiger partial charge in [0.05, 0.1) is 0 Å². The van der Waals surface area contributed by atoms with Crippen LogP contribution in [0.15, 0.2) is 53.5 Å². The Kier molecular flexibility index (Phi) is 4.82. The van der Waals surface area contributed by atoms with Crippen molar-refractivity contribution in [1.29, 1.82) is 0 Å². The molecule has 1 amide bonds. The number of aryl methyl sites for hydroxylation is 1. The van der Waals surface area contributed by atoms with Gasteiger partial charge in [0.2, 0.25) is 11.5 Å². The van der Waals surface area contributed by atoms with Gasteiger partial charge in [-0.15, -0.1) is 0 Å². The van der Waals surface area contributed by atoms with Crippen LogP contribution in [-0.2, 0) is 11.3 Å². The molecule has 1 fully saturated rings. The van der Waals surface area contributed by atoms with Gasteiger partial charge in [-0.3, -0.25) is 9.59 Å². The second-order valence-electron chi connectivity index (χ2n) is 5.88. The molecule has 120 valence electrons. The van der Waals surface area contributed by atoms with Crippen molar-refractivity contribution in [2.45, 2.75) is 25.3 Å². The van der Waals surface area contributed by atoms with Crippen LogP contribution in [0, 0.1) is 5.92 Å². The number of amides is 1. The molecule has 5 heteroatoms. The smallest absolute Gasteiger partial charge is 0.250 e. The van der Waals surface area contributed by atoms with E-state index in [1.165, 1.54) is 5.56 Å². The van der Waals surface area contributed by atoms with Crippen LogP contribution < -0.4 is 10.9 Å². The Morgan fingerprint density at radius 3 is 2.74 bits per heavy atom. The maximum absolute atomic E-state index is 12.1. The highest BCUT2D eigenvalue weighted by molar-refractivity contribution is 6.30. The van der Waals surface area contributed by atoms with Crippen molar-refractivity contribution in [2.24, 2.45) is 5.92 Å². The lowest BCUT2D eigenvalue weighted by Gasteiger charge is -2.07. The van der Waals surface area contributed by atoms with E-state index in [2.05, 4.69) is 5.32 Å². The molecule has 0 unspecified atom stereocenters. The molecule has 1 aliphatic rings. The van der Waals surface area contributed by atoms with Gasteiger partial charge < -0.3 is 9.88 Å². The Balaban J connectivity index is 1.42. The van der Waals surface area contributed by atoms with Crippen LogP contribution in [0.2, 0.25) is 5.02 Å². The number of carbonyl (C=O) groups excluding carboxylic acids is 1. The Morgan fingerprint density at radius 1 is 1.22 bits per heavy atom. The van der Waals surface area contributed by atoms with Crippen LogP contribution in [0.5, 0.6) is 0 Å². The van der Waals surface area contributed by atoms with E-state index in [-0.39, 0.29) is 17.4 Å². The van der Waals surface area contributed by atoms with E-state index in [0.717, 1.165) is 12.8 Å². The lowest BCUT2D eigenvalue weighted by Crippen LogP contribution is -2.28. The minimum atomic E-state index is -0.0104. The van der Waals surface area contributed by atoms with Crippen molar-refractivity contribution in [3.63, 3.8) is 0 Å². The molecule has 0 spiro atoms. The van der Waals surface area contributed by atoms with Gasteiger partial charge >= 0.3 is 0 Å². The van der Waals surface area contributed by atoms with Crippen molar-refractivity contribution in [1.82, 2.24) is 9.88 Å². The van der Waals surface area contributed by atoms with Crippen LogP contribution in [0.1, 0.15) is 24.3 Å². The highest BCUT2D eigenvalue weighted by Gasteiger charge is 2.43. The SMILES string of the molecule is O=C(NCCCn1ccccc1=O)[C@@H]1C[C@H]1c1ccc(Cl)cc1. The van der Waals surface area contributed by atoms with E-state index in [1.807, 2.05) is 30.3 Å². The van der Waals surface area contributed by atoms with Crippen molar-refractivity contribution >= 4 is 17.5 Å². The van der Waals surface area contributed by atoms with Gasteiger partial charge in [-0.25, -0.2) is 0 Å². The molecular weight excluding hydrogens is 312 g/mol. The zero-order chi connectivity index (χ0) is 16.2. The first-order chi connectivity index (χ1) is 11.1. The average molecular weight is 331 g/mol. The first-order valence-corrected chi connectivity index (χ1v) is 8.21. The fourth-order valence-electron chi connectivity index (χ4n) is 2.80. The number of pyridine rings is 1. The van der Waals surface area contributed by atoms with Crippen molar-refractivity contribution in [3.8, 4) is 0 Å². The summed E-state index contributed by atoms with van der Waals surface area (Å²) in [6.07, 6.45) is 3.40. The normalized spacial score (nSPS) is 19.3. The second kappa shape index (κ2) is 7.01. The van der Waals surface area contributed by atoms with Gasteiger partial charge in [0, 0.05) is 36.3 Å². The zero-order valence-electron chi connectivity index (χ0n) is 12.7. The van der Waals surface area contributed by atoms with Gasteiger partial charge in [0.25, 0.3) is 0 Å². The number of aromatic nitrogens is 1. The van der Waals surface area contributed by atoms with E-state index < -0.39 is 0 Å². The largest absolute Gasteiger partial charge is 0.356 e. The third-order valence-corrected chi connectivity index (χ3v) is 4.45. The van der Waals surface area contributed by atoms with E-state index in [4.69, 9.17) is 11.6 Å². The number of rotatable bonds is 6. The Hall–Kier alpha value is -2.07. The van der Waals surface area contributed by atoms with Crippen molar-refractivity contribution < 1.29 is 4.79 Å². The standard InChI is InChI=1S/C18H19ClN2O2/c19-14-7-5-13(6-8-14)15-12-16(15)18(23)20-9-3-11-21-10-2-1-4-17(21)22/h1-2,4-8,10,15-16H,3,9,11-12H2,(H,20,23)/t15-,16+/m0/s1. The molecule has 23 heavy (non-hydrogen) atoms. The summed E-state index contributed by atoms with van der Waals surface area (Å²) in [6, 6.07) is 12.8. The van der Waals surface area contributed by atoms with Crippen molar-refractivity contribution in [2.75, 3.05) is 6.54 Å². The Bertz CT molecular complexity index is 739. The number of carbonyl (C=O) groups is 1. The highest BCUT2D eigenvalue weighted by atomic mass is 35.5. The first-order valence-electron chi connectivity index (χ1n) is 7.84. The van der Waals surface area contributed by atoms with Crippen LogP contribution in [-0.4, -0.2) is 17.0 Å². The molecule has 1 heterocycles. The predicted octanol–water partition coefficient (Wildman–Crippen LogP) is 2.81. The van der Waals surface area contributed by atoms with Gasteiger partial charge in [-0.1, -0.05) is 29.8 Å². The molecule has 1 aromatic heterocycles. The lowest BCUT2D eigenvalue weighted by molar-refractivity contribution is -0.122. The Labute approximate surface area is 140 Å². The molecule has 2 aromatic rings. The van der Waals surface area contributed by atoms with Crippen LogP contribution in [0.4, 0.5) is 0 Å². The van der Waals surface area contributed by atoms with Crippen LogP contribution in [0.25, 0.3) is 0 Å². The number of halogens is 1. The maximum Gasteiger partial charge on any atom is 0.250 e. The zero-order valence-corrected chi connectivity index (χ0v) is 13.5. The molecule has 2 atom stereocenters. The monoisotopic (exact) mass is 330 g/mol. The molecule has 0 bridgehead atoms. The summed E-state index contributed by atoms with van der Waals surface area (Å²) < 4.78 is 1.65. The van der Waals surface area contributed by atoms with E-state index in [1.54, 1.807) is 22.9 Å². The lowest BCUT2D eigenvalue weighted by atomic mass is 10.1. The number of benzene rings is 1. The minimum absolute atomic E-state index is 0.0104.